The first-order chi connectivity index (χ1) is 13.0. The lowest BCUT2D eigenvalue weighted by atomic mass is 10.1. The van der Waals surface area contributed by atoms with Gasteiger partial charge in [-0.3, -0.25) is 4.68 Å². The van der Waals surface area contributed by atoms with E-state index in [1.165, 1.54) is 27.9 Å². The predicted octanol–water partition coefficient (Wildman–Crippen LogP) is 4.72. The molecule has 1 heterocycles. The van der Waals surface area contributed by atoms with E-state index in [9.17, 15) is 0 Å². The highest BCUT2D eigenvalue weighted by Gasteiger charge is 2.15. The van der Waals surface area contributed by atoms with Crippen molar-refractivity contribution < 1.29 is 4.74 Å². The van der Waals surface area contributed by atoms with Crippen LogP contribution < -0.4 is 10.1 Å². The van der Waals surface area contributed by atoms with Crippen molar-refractivity contribution in [1.82, 2.24) is 15.1 Å². The van der Waals surface area contributed by atoms with Gasteiger partial charge in [0.25, 0.3) is 0 Å². The van der Waals surface area contributed by atoms with E-state index in [1.54, 1.807) is 7.11 Å². The van der Waals surface area contributed by atoms with Gasteiger partial charge in [-0.15, -0.1) is 0 Å². The van der Waals surface area contributed by atoms with Gasteiger partial charge in [0.05, 0.1) is 19.3 Å². The zero-order valence-corrected chi connectivity index (χ0v) is 16.9. The molecule has 0 radical (unpaired) electrons. The molecule has 4 nitrogen and oxygen atoms in total. The standard InChI is InChI=1S/C23H29N3O/c1-16-10-12-20(13-11-16)15-26-19(4)22(18(3)25-26)14-24-17(2)21-8-6-7-9-23(21)27-5/h6-13,17,24H,14-15H2,1-5H3. The van der Waals surface area contributed by atoms with E-state index in [2.05, 4.69) is 68.0 Å². The summed E-state index contributed by atoms with van der Waals surface area (Å²) >= 11 is 0. The Hall–Kier alpha value is -2.59. The molecule has 3 aromatic rings. The van der Waals surface area contributed by atoms with Gasteiger partial charge >= 0.3 is 0 Å². The normalized spacial score (nSPS) is 12.2. The van der Waals surface area contributed by atoms with Gasteiger partial charge in [-0.25, -0.2) is 0 Å². The number of ether oxygens (including phenoxy) is 1. The van der Waals surface area contributed by atoms with Crippen molar-refractivity contribution in [1.29, 1.82) is 0 Å². The van der Waals surface area contributed by atoms with Crippen molar-refractivity contribution in [3.05, 3.63) is 82.2 Å². The first-order valence-corrected chi connectivity index (χ1v) is 9.44. The Morgan fingerprint density at radius 1 is 1.04 bits per heavy atom. The van der Waals surface area contributed by atoms with Crippen LogP contribution in [-0.2, 0) is 13.1 Å². The van der Waals surface area contributed by atoms with E-state index in [0.717, 1.165) is 24.5 Å². The van der Waals surface area contributed by atoms with Crippen molar-refractivity contribution in [3.8, 4) is 5.75 Å². The molecule has 0 aliphatic carbocycles. The lowest BCUT2D eigenvalue weighted by molar-refractivity contribution is 0.401. The summed E-state index contributed by atoms with van der Waals surface area (Å²) in [7, 11) is 1.72. The van der Waals surface area contributed by atoms with Crippen LogP contribution in [0.15, 0.2) is 48.5 Å². The number of aryl methyl sites for hydroxylation is 2. The molecule has 3 rings (SSSR count). The molecule has 1 unspecified atom stereocenters. The van der Waals surface area contributed by atoms with Gasteiger partial charge < -0.3 is 10.1 Å². The summed E-state index contributed by atoms with van der Waals surface area (Å²) in [5, 5.41) is 8.39. The first kappa shape index (κ1) is 19.2. The molecule has 0 saturated carbocycles. The number of hydrogen-bond acceptors (Lipinski definition) is 3. The van der Waals surface area contributed by atoms with Crippen LogP contribution in [0, 0.1) is 20.8 Å². The van der Waals surface area contributed by atoms with Crippen LogP contribution in [-0.4, -0.2) is 16.9 Å². The number of nitrogens with one attached hydrogen (secondary N) is 1. The van der Waals surface area contributed by atoms with Gasteiger partial charge in [-0.05, 0) is 39.3 Å². The maximum absolute atomic E-state index is 5.49. The third-order valence-corrected chi connectivity index (χ3v) is 5.17. The Morgan fingerprint density at radius 2 is 1.74 bits per heavy atom. The second-order valence-corrected chi connectivity index (χ2v) is 7.14. The van der Waals surface area contributed by atoms with E-state index in [-0.39, 0.29) is 6.04 Å². The number of para-hydroxylation sites is 1. The summed E-state index contributed by atoms with van der Waals surface area (Å²) in [6, 6.07) is 17.0. The highest BCUT2D eigenvalue weighted by Crippen LogP contribution is 2.25. The summed E-state index contributed by atoms with van der Waals surface area (Å²) in [5.41, 5.74) is 7.29. The molecule has 142 valence electrons. The Morgan fingerprint density at radius 3 is 2.44 bits per heavy atom. The molecule has 0 saturated heterocycles. The Bertz CT molecular complexity index is 896. The average molecular weight is 364 g/mol. The zero-order valence-electron chi connectivity index (χ0n) is 16.9. The van der Waals surface area contributed by atoms with E-state index >= 15 is 0 Å². The topological polar surface area (TPSA) is 39.1 Å². The molecular formula is C23H29N3O. The second-order valence-electron chi connectivity index (χ2n) is 7.14. The molecule has 0 spiro atoms. The van der Waals surface area contributed by atoms with Crippen LogP contribution in [0.25, 0.3) is 0 Å². The third-order valence-electron chi connectivity index (χ3n) is 5.17. The van der Waals surface area contributed by atoms with Crippen LogP contribution in [0.5, 0.6) is 5.75 Å². The third kappa shape index (κ3) is 4.40. The van der Waals surface area contributed by atoms with Crippen LogP contribution in [0.4, 0.5) is 0 Å². The molecule has 1 N–H and O–H groups in total. The van der Waals surface area contributed by atoms with Gasteiger partial charge in [0.15, 0.2) is 0 Å². The molecule has 0 aliphatic heterocycles. The van der Waals surface area contributed by atoms with Gasteiger partial charge in [0, 0.05) is 29.4 Å². The van der Waals surface area contributed by atoms with E-state index in [1.807, 2.05) is 18.2 Å². The molecule has 0 amide bonds. The largest absolute Gasteiger partial charge is 0.496 e. The molecule has 1 aromatic heterocycles. The van der Waals surface area contributed by atoms with Crippen LogP contribution in [0.1, 0.15) is 46.6 Å². The van der Waals surface area contributed by atoms with Crippen LogP contribution in [0.3, 0.4) is 0 Å². The molecule has 1 atom stereocenters. The van der Waals surface area contributed by atoms with Crippen molar-refractivity contribution in [2.75, 3.05) is 7.11 Å². The molecule has 2 aromatic carbocycles. The van der Waals surface area contributed by atoms with E-state index < -0.39 is 0 Å². The minimum atomic E-state index is 0.195. The summed E-state index contributed by atoms with van der Waals surface area (Å²) in [4.78, 5) is 0. The van der Waals surface area contributed by atoms with Gasteiger partial charge in [-0.2, -0.15) is 5.10 Å². The quantitative estimate of drug-likeness (QED) is 0.660. The summed E-state index contributed by atoms with van der Waals surface area (Å²) < 4.78 is 7.59. The van der Waals surface area contributed by atoms with Gasteiger partial charge in [-0.1, -0.05) is 48.0 Å². The molecular weight excluding hydrogens is 334 g/mol. The summed E-state index contributed by atoms with van der Waals surface area (Å²) in [6.45, 7) is 10.1. The lowest BCUT2D eigenvalue weighted by Crippen LogP contribution is -2.19. The number of hydrogen-bond donors (Lipinski definition) is 1. The molecule has 0 fully saturated rings. The van der Waals surface area contributed by atoms with Gasteiger partial charge in [0.1, 0.15) is 5.75 Å². The average Bonchev–Trinajstić information content (AvgIpc) is 2.94. The monoisotopic (exact) mass is 363 g/mol. The highest BCUT2D eigenvalue weighted by atomic mass is 16.5. The maximum atomic E-state index is 5.49. The highest BCUT2D eigenvalue weighted by molar-refractivity contribution is 5.36. The number of rotatable bonds is 7. The fourth-order valence-corrected chi connectivity index (χ4v) is 3.40. The fourth-order valence-electron chi connectivity index (χ4n) is 3.40. The van der Waals surface area contributed by atoms with Crippen LogP contribution >= 0.6 is 0 Å². The Balaban J connectivity index is 1.72. The Kier molecular flexibility index (Phi) is 5.97. The van der Waals surface area contributed by atoms with E-state index in [0.29, 0.717) is 0 Å². The number of benzene rings is 2. The number of methoxy groups -OCH3 is 1. The predicted molar refractivity (Wildman–Crippen MR) is 110 cm³/mol. The smallest absolute Gasteiger partial charge is 0.123 e. The minimum Gasteiger partial charge on any atom is -0.496 e. The summed E-state index contributed by atoms with van der Waals surface area (Å²) in [6.07, 6.45) is 0. The van der Waals surface area contributed by atoms with Crippen molar-refractivity contribution in [2.45, 2.75) is 46.8 Å². The number of nitrogens with zero attached hydrogens (tertiary/aromatic N) is 2. The SMILES string of the molecule is COc1ccccc1C(C)NCc1c(C)nn(Cc2ccc(C)cc2)c1C. The van der Waals surface area contributed by atoms with Gasteiger partial charge in [0.2, 0.25) is 0 Å². The zero-order chi connectivity index (χ0) is 19.4. The van der Waals surface area contributed by atoms with E-state index in [4.69, 9.17) is 9.84 Å². The first-order valence-electron chi connectivity index (χ1n) is 9.44. The van der Waals surface area contributed by atoms with Crippen LogP contribution in [0.2, 0.25) is 0 Å². The van der Waals surface area contributed by atoms with Crippen molar-refractivity contribution in [2.24, 2.45) is 0 Å². The van der Waals surface area contributed by atoms with Crippen molar-refractivity contribution in [3.63, 3.8) is 0 Å². The Labute approximate surface area is 162 Å². The second kappa shape index (κ2) is 8.40. The fraction of sp³-hybridized carbons (Fsp3) is 0.348. The molecule has 0 bridgehead atoms. The number of aromatic nitrogens is 2. The minimum absolute atomic E-state index is 0.195. The summed E-state index contributed by atoms with van der Waals surface area (Å²) in [5.74, 6) is 0.918. The lowest BCUT2D eigenvalue weighted by Gasteiger charge is -2.17. The molecule has 0 aliphatic rings. The van der Waals surface area contributed by atoms with Crippen molar-refractivity contribution >= 4 is 0 Å². The molecule has 4 heteroatoms. The maximum Gasteiger partial charge on any atom is 0.123 e. The molecule has 27 heavy (non-hydrogen) atoms.